The lowest BCUT2D eigenvalue weighted by atomic mass is 10.1. The summed E-state index contributed by atoms with van der Waals surface area (Å²) in [7, 11) is 0. The van der Waals surface area contributed by atoms with Gasteiger partial charge >= 0.3 is 0 Å². The Kier molecular flexibility index (Phi) is 6.39. The fourth-order valence-corrected chi connectivity index (χ4v) is 2.00. The van der Waals surface area contributed by atoms with E-state index in [1.165, 1.54) is 30.4 Å². The summed E-state index contributed by atoms with van der Waals surface area (Å²) in [5.74, 6) is 2.00. The average Bonchev–Trinajstić information content (AvgIpc) is 2.22. The lowest BCUT2D eigenvalue weighted by Gasteiger charge is -2.08. The van der Waals surface area contributed by atoms with Crippen LogP contribution in [-0.2, 0) is 0 Å². The second-order valence-corrected chi connectivity index (χ2v) is 4.76. The number of rotatable bonds is 7. The molecule has 0 saturated carbocycles. The minimum absolute atomic E-state index is 0.829. The lowest BCUT2D eigenvalue weighted by molar-refractivity contribution is 0.305. The van der Waals surface area contributed by atoms with Crippen molar-refractivity contribution in [2.45, 2.75) is 39.5 Å². The Morgan fingerprint density at radius 2 is 1.56 bits per heavy atom. The van der Waals surface area contributed by atoms with Crippen LogP contribution in [0.15, 0.2) is 18.2 Å². The first kappa shape index (κ1) is 13.4. The summed E-state index contributed by atoms with van der Waals surface area (Å²) in [5.41, 5.74) is 2.54. The molecule has 0 fully saturated rings. The number of benzene rings is 1. The van der Waals surface area contributed by atoms with Gasteiger partial charge in [0, 0.05) is 0 Å². The van der Waals surface area contributed by atoms with Gasteiger partial charge in [-0.15, -0.1) is 0 Å². The summed E-state index contributed by atoms with van der Waals surface area (Å²) in [6.45, 7) is 5.04. The number of hydrogen-bond acceptors (Lipinski definition) is 2. The number of thiol groups is 1. The van der Waals surface area contributed by atoms with Crippen molar-refractivity contribution in [1.29, 1.82) is 0 Å². The van der Waals surface area contributed by atoms with Gasteiger partial charge in [-0.3, -0.25) is 0 Å². The van der Waals surface area contributed by atoms with E-state index >= 15 is 0 Å². The summed E-state index contributed by atoms with van der Waals surface area (Å²) < 4.78 is 5.73. The van der Waals surface area contributed by atoms with Crippen molar-refractivity contribution in [3.05, 3.63) is 29.3 Å². The number of unbranched alkanes of at least 4 members (excludes halogenated alkanes) is 3. The fraction of sp³-hybridized carbons (Fsp3) is 0.571. The van der Waals surface area contributed by atoms with Crippen molar-refractivity contribution < 1.29 is 4.74 Å². The number of ether oxygens (including phenoxy) is 1. The third-order valence-corrected chi connectivity index (χ3v) is 2.83. The van der Waals surface area contributed by atoms with Crippen molar-refractivity contribution in [3.63, 3.8) is 0 Å². The summed E-state index contributed by atoms with van der Waals surface area (Å²) in [4.78, 5) is 0. The predicted molar refractivity (Wildman–Crippen MR) is 73.7 cm³/mol. The molecule has 0 aliphatic carbocycles. The average molecular weight is 238 g/mol. The van der Waals surface area contributed by atoms with Gasteiger partial charge in [-0.2, -0.15) is 12.6 Å². The normalized spacial score (nSPS) is 10.4. The Morgan fingerprint density at radius 3 is 2.19 bits per heavy atom. The van der Waals surface area contributed by atoms with Crippen LogP contribution in [0.25, 0.3) is 0 Å². The minimum Gasteiger partial charge on any atom is -0.494 e. The first-order valence-corrected chi connectivity index (χ1v) is 6.67. The Labute approximate surface area is 105 Å². The van der Waals surface area contributed by atoms with E-state index in [1.807, 2.05) is 0 Å². The zero-order chi connectivity index (χ0) is 11.8. The van der Waals surface area contributed by atoms with E-state index in [0.717, 1.165) is 24.5 Å². The summed E-state index contributed by atoms with van der Waals surface area (Å²) in [5, 5.41) is 0. The van der Waals surface area contributed by atoms with E-state index in [2.05, 4.69) is 44.7 Å². The molecule has 1 nitrogen and oxygen atoms in total. The van der Waals surface area contributed by atoms with Crippen LogP contribution in [0.5, 0.6) is 5.75 Å². The van der Waals surface area contributed by atoms with E-state index < -0.39 is 0 Å². The van der Waals surface area contributed by atoms with Crippen LogP contribution >= 0.6 is 12.6 Å². The van der Waals surface area contributed by atoms with Gasteiger partial charge in [0.1, 0.15) is 5.75 Å². The van der Waals surface area contributed by atoms with Gasteiger partial charge in [0.25, 0.3) is 0 Å². The van der Waals surface area contributed by atoms with Crippen molar-refractivity contribution in [3.8, 4) is 5.75 Å². The molecule has 0 N–H and O–H groups in total. The Morgan fingerprint density at radius 1 is 0.938 bits per heavy atom. The number of hydrogen-bond donors (Lipinski definition) is 1. The molecule has 90 valence electrons. The van der Waals surface area contributed by atoms with Crippen LogP contribution in [0.3, 0.4) is 0 Å². The highest BCUT2D eigenvalue weighted by molar-refractivity contribution is 7.80. The molecule has 1 aromatic carbocycles. The summed E-state index contributed by atoms with van der Waals surface area (Å²) >= 11 is 4.19. The summed E-state index contributed by atoms with van der Waals surface area (Å²) in [6.07, 6.45) is 4.86. The second kappa shape index (κ2) is 7.61. The predicted octanol–water partition coefficient (Wildman–Crippen LogP) is 4.17. The van der Waals surface area contributed by atoms with Gasteiger partial charge in [-0.05, 0) is 55.7 Å². The Hall–Kier alpha value is -0.630. The van der Waals surface area contributed by atoms with E-state index in [-0.39, 0.29) is 0 Å². The topological polar surface area (TPSA) is 9.23 Å². The fourth-order valence-electron chi connectivity index (χ4n) is 1.77. The van der Waals surface area contributed by atoms with Crippen molar-refractivity contribution in [1.82, 2.24) is 0 Å². The third-order valence-electron chi connectivity index (χ3n) is 2.52. The van der Waals surface area contributed by atoms with E-state index in [9.17, 15) is 0 Å². The molecular formula is C14H22OS. The third kappa shape index (κ3) is 5.45. The molecular weight excluding hydrogens is 216 g/mol. The molecule has 1 aromatic rings. The molecule has 0 atom stereocenters. The molecule has 0 amide bonds. The van der Waals surface area contributed by atoms with Crippen LogP contribution < -0.4 is 4.74 Å². The first-order chi connectivity index (χ1) is 7.72. The molecule has 0 aliphatic rings. The maximum atomic E-state index is 5.73. The standard InChI is InChI=1S/C14H22OS/c1-12-9-13(2)11-14(10-12)15-7-5-3-4-6-8-16/h9-11,16H,3-8H2,1-2H3. The van der Waals surface area contributed by atoms with Crippen LogP contribution in [0, 0.1) is 13.8 Å². The van der Waals surface area contributed by atoms with Gasteiger partial charge in [-0.25, -0.2) is 0 Å². The smallest absolute Gasteiger partial charge is 0.119 e. The van der Waals surface area contributed by atoms with Crippen molar-refractivity contribution in [2.75, 3.05) is 12.4 Å². The number of aryl methyl sites for hydroxylation is 2. The molecule has 0 heterocycles. The van der Waals surface area contributed by atoms with Gasteiger partial charge < -0.3 is 4.74 Å². The molecule has 16 heavy (non-hydrogen) atoms. The zero-order valence-electron chi connectivity index (χ0n) is 10.3. The highest BCUT2D eigenvalue weighted by atomic mass is 32.1. The highest BCUT2D eigenvalue weighted by Crippen LogP contribution is 2.16. The van der Waals surface area contributed by atoms with Crippen LogP contribution in [0.2, 0.25) is 0 Å². The largest absolute Gasteiger partial charge is 0.494 e. The van der Waals surface area contributed by atoms with E-state index in [4.69, 9.17) is 4.74 Å². The highest BCUT2D eigenvalue weighted by Gasteiger charge is 1.96. The maximum absolute atomic E-state index is 5.73. The van der Waals surface area contributed by atoms with Gasteiger partial charge in [0.05, 0.1) is 6.61 Å². The monoisotopic (exact) mass is 238 g/mol. The summed E-state index contributed by atoms with van der Waals surface area (Å²) in [6, 6.07) is 6.36. The van der Waals surface area contributed by atoms with Crippen molar-refractivity contribution in [2.24, 2.45) is 0 Å². The molecule has 1 rings (SSSR count). The van der Waals surface area contributed by atoms with Gasteiger partial charge in [-0.1, -0.05) is 18.9 Å². The van der Waals surface area contributed by atoms with Crippen LogP contribution in [0.1, 0.15) is 36.8 Å². The molecule has 0 radical (unpaired) electrons. The quantitative estimate of drug-likeness (QED) is 0.554. The van der Waals surface area contributed by atoms with Gasteiger partial charge in [0.15, 0.2) is 0 Å². The molecule has 2 heteroatoms. The van der Waals surface area contributed by atoms with E-state index in [1.54, 1.807) is 0 Å². The van der Waals surface area contributed by atoms with Crippen LogP contribution in [-0.4, -0.2) is 12.4 Å². The first-order valence-electron chi connectivity index (χ1n) is 6.04. The Balaban J connectivity index is 2.21. The Bertz CT molecular complexity index is 289. The molecule has 0 bridgehead atoms. The van der Waals surface area contributed by atoms with Gasteiger partial charge in [0.2, 0.25) is 0 Å². The molecule has 0 aromatic heterocycles. The second-order valence-electron chi connectivity index (χ2n) is 4.31. The van der Waals surface area contributed by atoms with E-state index in [0.29, 0.717) is 0 Å². The van der Waals surface area contributed by atoms with Crippen molar-refractivity contribution >= 4 is 12.6 Å². The molecule has 0 saturated heterocycles. The van der Waals surface area contributed by atoms with Crippen LogP contribution in [0.4, 0.5) is 0 Å². The molecule has 0 spiro atoms. The zero-order valence-corrected chi connectivity index (χ0v) is 11.2. The molecule has 0 aliphatic heterocycles. The maximum Gasteiger partial charge on any atom is 0.119 e. The lowest BCUT2D eigenvalue weighted by Crippen LogP contribution is -1.98. The SMILES string of the molecule is Cc1cc(C)cc(OCCCCCCS)c1. The minimum atomic E-state index is 0.829. The molecule has 0 unspecified atom stereocenters.